The molecule has 1 aromatic rings. The van der Waals surface area contributed by atoms with Crippen LogP contribution in [-0.4, -0.2) is 11.9 Å². The van der Waals surface area contributed by atoms with Crippen molar-refractivity contribution in [2.24, 2.45) is 5.73 Å². The summed E-state index contributed by atoms with van der Waals surface area (Å²) >= 11 is 9.42. The largest absolute Gasteiger partial charge is 0.368 e. The minimum Gasteiger partial charge on any atom is -0.368 e. The third-order valence-corrected chi connectivity index (χ3v) is 4.80. The Morgan fingerprint density at radius 1 is 1.37 bits per heavy atom. The van der Waals surface area contributed by atoms with E-state index in [2.05, 4.69) is 21.2 Å². The Hall–Kier alpha value is -0.580. The van der Waals surface area contributed by atoms with Gasteiger partial charge < -0.3 is 5.73 Å². The molecule has 0 bridgehead atoms. The molecule has 104 valence electrons. The lowest BCUT2D eigenvalue weighted by Gasteiger charge is -2.27. The van der Waals surface area contributed by atoms with Crippen LogP contribution in [0.2, 0.25) is 5.02 Å². The van der Waals surface area contributed by atoms with Crippen LogP contribution in [0.4, 0.5) is 0 Å². The lowest BCUT2D eigenvalue weighted by atomic mass is 9.94. The second-order valence-corrected chi connectivity index (χ2v) is 6.27. The highest BCUT2D eigenvalue weighted by atomic mass is 79.9. The summed E-state index contributed by atoms with van der Waals surface area (Å²) in [6.45, 7) is 0. The van der Waals surface area contributed by atoms with Crippen LogP contribution >= 0.6 is 27.5 Å². The fourth-order valence-electron chi connectivity index (χ4n) is 2.54. The van der Waals surface area contributed by atoms with Gasteiger partial charge in [0.15, 0.2) is 0 Å². The van der Waals surface area contributed by atoms with Crippen molar-refractivity contribution in [3.63, 3.8) is 0 Å². The number of hydrogen-bond acceptors (Lipinski definition) is 2. The topological polar surface area (TPSA) is 55.1 Å². The van der Waals surface area contributed by atoms with Gasteiger partial charge in [0.1, 0.15) is 6.04 Å². The Bertz CT molecular complexity index is 461. The van der Waals surface area contributed by atoms with E-state index < -0.39 is 6.04 Å². The third-order valence-electron chi connectivity index (χ3n) is 3.57. The molecule has 19 heavy (non-hydrogen) atoms. The van der Waals surface area contributed by atoms with Gasteiger partial charge in [0, 0.05) is 10.5 Å². The molecule has 0 aliphatic heterocycles. The lowest BCUT2D eigenvalue weighted by molar-refractivity contribution is -0.120. The zero-order valence-electron chi connectivity index (χ0n) is 10.7. The van der Waals surface area contributed by atoms with Crippen LogP contribution in [0.25, 0.3) is 0 Å². The first-order valence-corrected chi connectivity index (χ1v) is 7.75. The highest BCUT2D eigenvalue weighted by Crippen LogP contribution is 2.27. The van der Waals surface area contributed by atoms with Crippen LogP contribution in [0.1, 0.15) is 43.7 Å². The fraction of sp³-hybridized carbons (Fsp3) is 0.500. The number of primary amides is 1. The summed E-state index contributed by atoms with van der Waals surface area (Å²) in [7, 11) is 0. The van der Waals surface area contributed by atoms with E-state index in [9.17, 15) is 4.79 Å². The average Bonchev–Trinajstić information content (AvgIpc) is 2.40. The van der Waals surface area contributed by atoms with Gasteiger partial charge in [-0.2, -0.15) is 0 Å². The van der Waals surface area contributed by atoms with E-state index in [4.69, 9.17) is 17.3 Å². The van der Waals surface area contributed by atoms with Gasteiger partial charge in [0.05, 0.1) is 5.02 Å². The molecule has 2 rings (SSSR count). The van der Waals surface area contributed by atoms with Gasteiger partial charge in [0.25, 0.3) is 0 Å². The molecule has 3 nitrogen and oxygen atoms in total. The average molecular weight is 346 g/mol. The van der Waals surface area contributed by atoms with Crippen molar-refractivity contribution >= 4 is 33.4 Å². The molecule has 1 aliphatic carbocycles. The normalized spacial score (nSPS) is 18.2. The number of hydrogen-bond donors (Lipinski definition) is 2. The van der Waals surface area contributed by atoms with Gasteiger partial charge in [0.2, 0.25) is 5.91 Å². The number of nitrogens with one attached hydrogen (secondary N) is 1. The molecular weight excluding hydrogens is 328 g/mol. The Morgan fingerprint density at radius 2 is 2.05 bits per heavy atom. The highest BCUT2D eigenvalue weighted by Gasteiger charge is 2.23. The molecule has 0 saturated heterocycles. The molecular formula is C14H18BrClN2O. The summed E-state index contributed by atoms with van der Waals surface area (Å²) in [6, 6.07) is 5.41. The maximum absolute atomic E-state index is 11.7. The zero-order valence-corrected chi connectivity index (χ0v) is 13.0. The van der Waals surface area contributed by atoms with Crippen molar-refractivity contribution in [3.8, 4) is 0 Å². The van der Waals surface area contributed by atoms with Crippen LogP contribution in [0.3, 0.4) is 0 Å². The summed E-state index contributed by atoms with van der Waals surface area (Å²) in [4.78, 5) is 11.7. The molecule has 0 radical (unpaired) electrons. The van der Waals surface area contributed by atoms with Crippen molar-refractivity contribution in [1.82, 2.24) is 5.32 Å². The van der Waals surface area contributed by atoms with Gasteiger partial charge in [-0.25, -0.2) is 0 Å². The van der Waals surface area contributed by atoms with E-state index in [0.717, 1.165) is 22.9 Å². The van der Waals surface area contributed by atoms with Crippen molar-refractivity contribution in [3.05, 3.63) is 33.3 Å². The number of carbonyl (C=O) groups excluding carboxylic acids is 1. The summed E-state index contributed by atoms with van der Waals surface area (Å²) in [6.07, 6.45) is 5.92. The monoisotopic (exact) mass is 344 g/mol. The van der Waals surface area contributed by atoms with Crippen LogP contribution in [0.15, 0.2) is 22.7 Å². The van der Waals surface area contributed by atoms with E-state index in [1.165, 1.54) is 19.3 Å². The highest BCUT2D eigenvalue weighted by molar-refractivity contribution is 9.10. The van der Waals surface area contributed by atoms with Gasteiger partial charge in [-0.15, -0.1) is 0 Å². The van der Waals surface area contributed by atoms with E-state index in [0.29, 0.717) is 11.1 Å². The second-order valence-electron chi connectivity index (χ2n) is 5.01. The molecule has 0 heterocycles. The van der Waals surface area contributed by atoms with Gasteiger partial charge in [-0.05, 0) is 46.5 Å². The number of rotatable bonds is 4. The molecule has 1 fully saturated rings. The van der Waals surface area contributed by atoms with Crippen molar-refractivity contribution in [2.75, 3.05) is 0 Å². The predicted molar refractivity (Wildman–Crippen MR) is 81.1 cm³/mol. The maximum atomic E-state index is 11.7. The molecule has 3 N–H and O–H groups in total. The Kier molecular flexibility index (Phi) is 5.25. The van der Waals surface area contributed by atoms with Crippen molar-refractivity contribution in [2.45, 2.75) is 44.2 Å². The first-order valence-electron chi connectivity index (χ1n) is 6.58. The minimum atomic E-state index is -0.464. The van der Waals surface area contributed by atoms with Crippen molar-refractivity contribution in [1.29, 1.82) is 0 Å². The first-order chi connectivity index (χ1) is 9.08. The van der Waals surface area contributed by atoms with E-state index in [1.54, 1.807) is 6.07 Å². The Labute approximate surface area is 127 Å². The summed E-state index contributed by atoms with van der Waals surface area (Å²) in [5.74, 6) is -0.357. The quantitative estimate of drug-likeness (QED) is 0.877. The SMILES string of the molecule is NC(=O)C(NC1CCCCC1)c1ccc(Br)c(Cl)c1. The fourth-order valence-corrected chi connectivity index (χ4v) is 2.98. The van der Waals surface area contributed by atoms with E-state index in [-0.39, 0.29) is 5.91 Å². The number of nitrogens with two attached hydrogens (primary N) is 1. The van der Waals surface area contributed by atoms with Crippen molar-refractivity contribution < 1.29 is 4.79 Å². The van der Waals surface area contributed by atoms with E-state index >= 15 is 0 Å². The maximum Gasteiger partial charge on any atom is 0.239 e. The zero-order chi connectivity index (χ0) is 13.8. The first kappa shape index (κ1) is 14.8. The summed E-state index contributed by atoms with van der Waals surface area (Å²) in [5.41, 5.74) is 6.34. The Balaban J connectivity index is 2.14. The Morgan fingerprint density at radius 3 is 2.63 bits per heavy atom. The molecule has 1 aliphatic rings. The molecule has 1 amide bonds. The van der Waals surface area contributed by atoms with Crippen LogP contribution in [-0.2, 0) is 4.79 Å². The van der Waals surface area contributed by atoms with Gasteiger partial charge >= 0.3 is 0 Å². The van der Waals surface area contributed by atoms with Gasteiger partial charge in [-0.3, -0.25) is 10.1 Å². The molecule has 1 atom stereocenters. The molecule has 0 aromatic heterocycles. The van der Waals surface area contributed by atoms with Gasteiger partial charge in [-0.1, -0.05) is 36.9 Å². The van der Waals surface area contributed by atoms with E-state index in [1.807, 2.05) is 12.1 Å². The number of halogens is 2. The number of carbonyl (C=O) groups is 1. The second kappa shape index (κ2) is 6.73. The molecule has 5 heteroatoms. The standard InChI is InChI=1S/C14H18BrClN2O/c15-11-7-6-9(8-12(11)16)13(14(17)19)18-10-4-2-1-3-5-10/h6-8,10,13,18H,1-5H2,(H2,17,19). The minimum absolute atomic E-state index is 0.357. The predicted octanol–water partition coefficient (Wildman–Crippen LogP) is 3.55. The summed E-state index contributed by atoms with van der Waals surface area (Å²) < 4.78 is 0.818. The van der Waals surface area contributed by atoms with Crippen LogP contribution in [0, 0.1) is 0 Å². The number of amides is 1. The number of benzene rings is 1. The molecule has 1 aromatic carbocycles. The molecule has 1 saturated carbocycles. The lowest BCUT2D eigenvalue weighted by Crippen LogP contribution is -2.40. The smallest absolute Gasteiger partial charge is 0.239 e. The van der Waals surface area contributed by atoms with Crippen LogP contribution < -0.4 is 11.1 Å². The molecule has 0 spiro atoms. The van der Waals surface area contributed by atoms with Crippen LogP contribution in [0.5, 0.6) is 0 Å². The molecule has 1 unspecified atom stereocenters. The third kappa shape index (κ3) is 3.94. The summed E-state index contributed by atoms with van der Waals surface area (Å²) in [5, 5.41) is 3.96.